The highest BCUT2D eigenvalue weighted by Crippen LogP contribution is 2.21. The average Bonchev–Trinajstić information content (AvgIpc) is 3.21. The first kappa shape index (κ1) is 28.7. The van der Waals surface area contributed by atoms with E-state index in [0.717, 1.165) is 42.8 Å². The smallest absolute Gasteiger partial charge is 0.328 e. The van der Waals surface area contributed by atoms with E-state index < -0.39 is 24.1 Å². The maximum atomic E-state index is 12.4. The summed E-state index contributed by atoms with van der Waals surface area (Å²) in [6.45, 7) is 9.26. The van der Waals surface area contributed by atoms with E-state index in [1.54, 1.807) is 0 Å². The maximum absolute atomic E-state index is 12.4. The fraction of sp³-hybridized carbons (Fsp3) is 0.792. The predicted octanol–water partition coefficient (Wildman–Crippen LogP) is 6.05. The van der Waals surface area contributed by atoms with Crippen LogP contribution in [0, 0.1) is 0 Å². The summed E-state index contributed by atoms with van der Waals surface area (Å²) in [6.07, 6.45) is 13.7. The van der Waals surface area contributed by atoms with Gasteiger partial charge in [-0.05, 0) is 12.5 Å². The molecule has 0 aromatic carbocycles. The molecule has 0 aliphatic heterocycles. The van der Waals surface area contributed by atoms with Gasteiger partial charge in [0.2, 0.25) is 10.0 Å². The van der Waals surface area contributed by atoms with E-state index >= 15 is 0 Å². The monoisotopic (exact) mass is 486 g/mol. The molecular weight excluding hydrogens is 440 g/mol. The van der Waals surface area contributed by atoms with Crippen molar-refractivity contribution < 1.29 is 17.6 Å². The molecule has 1 heterocycles. The standard InChI is InChI=1S/C24H46N2O4SSi/c1-5-9-10-11-12-13-14-15-16-17-18-25-24(27)26-31(28,29)21-22-19-23(30-20-22)32(6-2,7-3)8-4/h19-20H,5-18,21H2,1-4H3,(H2,25,26,27). The summed E-state index contributed by atoms with van der Waals surface area (Å²) in [5.41, 5.74) is 0.599. The van der Waals surface area contributed by atoms with Crippen molar-refractivity contribution in [2.75, 3.05) is 6.54 Å². The summed E-state index contributed by atoms with van der Waals surface area (Å²) >= 11 is 0. The molecule has 0 saturated carbocycles. The zero-order chi connectivity index (χ0) is 23.9. The van der Waals surface area contributed by atoms with E-state index in [9.17, 15) is 13.2 Å². The van der Waals surface area contributed by atoms with Gasteiger partial charge in [0.05, 0.1) is 17.4 Å². The Morgan fingerprint density at radius 1 is 0.875 bits per heavy atom. The Kier molecular flexibility index (Phi) is 14.0. The van der Waals surface area contributed by atoms with E-state index in [4.69, 9.17) is 4.42 Å². The fourth-order valence-corrected chi connectivity index (χ4v) is 8.61. The molecule has 6 nitrogen and oxygen atoms in total. The summed E-state index contributed by atoms with van der Waals surface area (Å²) in [4.78, 5) is 12.0. The van der Waals surface area contributed by atoms with Crippen LogP contribution in [0.5, 0.6) is 0 Å². The molecule has 0 atom stereocenters. The lowest BCUT2D eigenvalue weighted by Gasteiger charge is -2.24. The lowest BCUT2D eigenvalue weighted by Crippen LogP contribution is -2.45. The number of nitrogens with one attached hydrogen (secondary N) is 2. The zero-order valence-electron chi connectivity index (χ0n) is 20.8. The minimum Gasteiger partial charge on any atom is -0.474 e. The third-order valence-corrected chi connectivity index (χ3v) is 13.2. The molecule has 0 unspecified atom stereocenters. The number of unbranched alkanes of at least 4 members (excludes halogenated alkanes) is 9. The third kappa shape index (κ3) is 10.6. The topological polar surface area (TPSA) is 88.4 Å². The van der Waals surface area contributed by atoms with Crippen LogP contribution in [0.4, 0.5) is 4.79 Å². The zero-order valence-corrected chi connectivity index (χ0v) is 22.6. The summed E-state index contributed by atoms with van der Waals surface area (Å²) < 4.78 is 32.6. The van der Waals surface area contributed by atoms with Gasteiger partial charge in [0.1, 0.15) is 8.07 Å². The van der Waals surface area contributed by atoms with E-state index in [1.165, 1.54) is 51.2 Å². The van der Waals surface area contributed by atoms with Crippen molar-refractivity contribution in [3.05, 3.63) is 17.9 Å². The van der Waals surface area contributed by atoms with Crippen LogP contribution in [-0.2, 0) is 15.8 Å². The predicted molar refractivity (Wildman–Crippen MR) is 137 cm³/mol. The highest BCUT2D eigenvalue weighted by Gasteiger charge is 2.33. The Balaban J connectivity index is 2.28. The quantitative estimate of drug-likeness (QED) is 0.195. The normalized spacial score (nSPS) is 12.1. The second-order valence-corrected chi connectivity index (χ2v) is 15.9. The first-order valence-corrected chi connectivity index (χ1v) is 17.0. The highest BCUT2D eigenvalue weighted by molar-refractivity contribution is 7.89. The van der Waals surface area contributed by atoms with Crippen molar-refractivity contribution in [3.8, 4) is 0 Å². The van der Waals surface area contributed by atoms with Crippen LogP contribution in [0.1, 0.15) is 97.5 Å². The van der Waals surface area contributed by atoms with Gasteiger partial charge in [-0.3, -0.25) is 0 Å². The van der Waals surface area contributed by atoms with Crippen LogP contribution in [0.2, 0.25) is 18.1 Å². The van der Waals surface area contributed by atoms with Crippen LogP contribution >= 0.6 is 0 Å². The van der Waals surface area contributed by atoms with Crippen molar-refractivity contribution in [1.82, 2.24) is 10.0 Å². The average molecular weight is 487 g/mol. The first-order valence-electron chi connectivity index (χ1n) is 12.7. The fourth-order valence-electron chi connectivity index (χ4n) is 4.25. The first-order chi connectivity index (χ1) is 15.3. The number of amides is 2. The molecule has 1 aromatic heterocycles. The molecule has 2 amide bonds. The van der Waals surface area contributed by atoms with Gasteiger partial charge in [-0.1, -0.05) is 104 Å². The highest BCUT2D eigenvalue weighted by atomic mass is 32.2. The lowest BCUT2D eigenvalue weighted by molar-refractivity contribution is 0.245. The SMILES string of the molecule is CCCCCCCCCCCCNC(=O)NS(=O)(=O)Cc1coc([Si](CC)(CC)CC)c1. The van der Waals surface area contributed by atoms with Gasteiger partial charge in [0.15, 0.2) is 0 Å². The summed E-state index contributed by atoms with van der Waals surface area (Å²) in [5, 5.41) is 3.62. The number of hydrogen-bond acceptors (Lipinski definition) is 4. The van der Waals surface area contributed by atoms with Crippen LogP contribution in [0.15, 0.2) is 16.7 Å². The maximum Gasteiger partial charge on any atom is 0.328 e. The van der Waals surface area contributed by atoms with Gasteiger partial charge in [-0.25, -0.2) is 17.9 Å². The van der Waals surface area contributed by atoms with Gasteiger partial charge in [-0.15, -0.1) is 0 Å². The Hall–Kier alpha value is -1.28. The van der Waals surface area contributed by atoms with Crippen molar-refractivity contribution in [2.24, 2.45) is 0 Å². The molecule has 0 bridgehead atoms. The third-order valence-electron chi connectivity index (χ3n) is 6.63. The Labute approximate surface area is 197 Å². The van der Waals surface area contributed by atoms with E-state index in [0.29, 0.717) is 12.1 Å². The lowest BCUT2D eigenvalue weighted by atomic mass is 10.1. The Morgan fingerprint density at radius 3 is 1.94 bits per heavy atom. The number of sulfonamides is 1. The molecule has 1 rings (SSSR count). The van der Waals surface area contributed by atoms with Crippen molar-refractivity contribution in [2.45, 2.75) is 116 Å². The largest absolute Gasteiger partial charge is 0.474 e. The second kappa shape index (κ2) is 15.5. The Morgan fingerprint density at radius 2 is 1.41 bits per heavy atom. The number of carbonyl (C=O) groups excluding carboxylic acids is 1. The van der Waals surface area contributed by atoms with E-state index in [1.807, 2.05) is 6.07 Å². The Bertz CT molecular complexity index is 737. The van der Waals surface area contributed by atoms with Crippen LogP contribution in [0.25, 0.3) is 0 Å². The number of urea groups is 1. The molecule has 186 valence electrons. The minimum absolute atomic E-state index is 0.246. The number of carbonyl (C=O) groups is 1. The van der Waals surface area contributed by atoms with Gasteiger partial charge in [0, 0.05) is 12.1 Å². The molecule has 8 heteroatoms. The van der Waals surface area contributed by atoms with Gasteiger partial charge in [0.25, 0.3) is 0 Å². The minimum atomic E-state index is -3.76. The molecule has 0 fully saturated rings. The van der Waals surface area contributed by atoms with Crippen LogP contribution in [0.3, 0.4) is 0 Å². The van der Waals surface area contributed by atoms with E-state index in [-0.39, 0.29) is 5.75 Å². The molecule has 0 saturated heterocycles. The number of furan rings is 1. The summed E-state index contributed by atoms with van der Waals surface area (Å²) in [7, 11) is -5.44. The van der Waals surface area contributed by atoms with Crippen molar-refractivity contribution in [3.63, 3.8) is 0 Å². The molecule has 0 spiro atoms. The second-order valence-electron chi connectivity index (χ2n) is 8.96. The van der Waals surface area contributed by atoms with Crippen molar-refractivity contribution in [1.29, 1.82) is 0 Å². The number of hydrogen-bond donors (Lipinski definition) is 2. The molecule has 0 aliphatic rings. The molecule has 0 aliphatic carbocycles. The molecule has 0 radical (unpaired) electrons. The van der Waals surface area contributed by atoms with E-state index in [2.05, 4.69) is 37.7 Å². The molecular formula is C24H46N2O4SSi. The van der Waals surface area contributed by atoms with Crippen LogP contribution in [-0.4, -0.2) is 29.1 Å². The van der Waals surface area contributed by atoms with Gasteiger partial charge < -0.3 is 9.73 Å². The molecule has 2 N–H and O–H groups in total. The number of rotatable bonds is 18. The molecule has 1 aromatic rings. The van der Waals surface area contributed by atoms with Crippen LogP contribution < -0.4 is 15.4 Å². The summed E-state index contributed by atoms with van der Waals surface area (Å²) in [6, 6.07) is 4.44. The summed E-state index contributed by atoms with van der Waals surface area (Å²) in [5.74, 6) is -0.246. The van der Waals surface area contributed by atoms with Gasteiger partial charge >= 0.3 is 6.03 Å². The molecule has 32 heavy (non-hydrogen) atoms. The van der Waals surface area contributed by atoms with Crippen molar-refractivity contribution >= 4 is 29.5 Å². The van der Waals surface area contributed by atoms with Gasteiger partial charge in [-0.2, -0.15) is 0 Å².